The molecule has 192 valence electrons. The molecule has 0 unspecified atom stereocenters. The fourth-order valence-corrected chi connectivity index (χ4v) is 5.56. The number of carbonyl (C=O) groups is 1. The molecule has 0 saturated heterocycles. The Hall–Kier alpha value is -2.52. The number of aromatic nitrogens is 3. The van der Waals surface area contributed by atoms with Gasteiger partial charge in [-0.05, 0) is 37.5 Å². The van der Waals surface area contributed by atoms with E-state index in [2.05, 4.69) is 24.5 Å². The van der Waals surface area contributed by atoms with Crippen molar-refractivity contribution in [3.63, 3.8) is 0 Å². The molecule has 0 amide bonds. The molecule has 3 aromatic rings. The lowest BCUT2D eigenvalue weighted by atomic mass is 10.1. The molecule has 14 heteroatoms. The SMILES string of the molecule is Cc1sc(C(=O)c2cncnc2N[C@@H]2C[C@H](COS(N)(=O)=O)[C@@H](O)C2)nc1[C@@H](O)c1cccc(Cl)c1. The van der Waals surface area contributed by atoms with E-state index in [4.69, 9.17) is 16.7 Å². The molecule has 0 bridgehead atoms. The van der Waals surface area contributed by atoms with Crippen LogP contribution in [0.2, 0.25) is 5.02 Å². The highest BCUT2D eigenvalue weighted by Gasteiger charge is 2.35. The van der Waals surface area contributed by atoms with Crippen LogP contribution in [0.25, 0.3) is 0 Å². The van der Waals surface area contributed by atoms with E-state index in [1.165, 1.54) is 12.5 Å². The number of halogens is 1. The second-order valence-electron chi connectivity index (χ2n) is 8.45. The van der Waals surface area contributed by atoms with E-state index in [9.17, 15) is 23.4 Å². The summed E-state index contributed by atoms with van der Waals surface area (Å²) < 4.78 is 26.7. The van der Waals surface area contributed by atoms with Crippen molar-refractivity contribution in [2.45, 2.75) is 38.0 Å². The smallest absolute Gasteiger partial charge is 0.333 e. The molecule has 2 heterocycles. The summed E-state index contributed by atoms with van der Waals surface area (Å²) in [5.41, 5.74) is 1.09. The zero-order valence-electron chi connectivity index (χ0n) is 19.0. The molecule has 36 heavy (non-hydrogen) atoms. The number of ketones is 1. The number of aliphatic hydroxyl groups excluding tert-OH is 2. The zero-order valence-corrected chi connectivity index (χ0v) is 21.4. The van der Waals surface area contributed by atoms with Gasteiger partial charge in [-0.2, -0.15) is 8.42 Å². The first-order valence-electron chi connectivity index (χ1n) is 10.9. The number of aryl methyl sites for hydroxylation is 1. The van der Waals surface area contributed by atoms with Gasteiger partial charge in [0, 0.05) is 28.1 Å². The molecule has 0 spiro atoms. The predicted octanol–water partition coefficient (Wildman–Crippen LogP) is 1.98. The van der Waals surface area contributed by atoms with E-state index in [0.717, 1.165) is 11.3 Å². The number of anilines is 1. The summed E-state index contributed by atoms with van der Waals surface area (Å²) in [7, 11) is -4.11. The minimum Gasteiger partial charge on any atom is -0.393 e. The Kier molecular flexibility index (Phi) is 7.99. The minimum absolute atomic E-state index is 0.160. The van der Waals surface area contributed by atoms with Gasteiger partial charge in [-0.3, -0.25) is 8.98 Å². The molecule has 4 atom stereocenters. The second kappa shape index (κ2) is 10.8. The van der Waals surface area contributed by atoms with Crippen molar-refractivity contribution in [2.75, 3.05) is 11.9 Å². The summed E-state index contributed by atoms with van der Waals surface area (Å²) in [5.74, 6) is -0.632. The van der Waals surface area contributed by atoms with Crippen molar-refractivity contribution in [2.24, 2.45) is 11.1 Å². The quantitative estimate of drug-likeness (QED) is 0.286. The van der Waals surface area contributed by atoms with Crippen molar-refractivity contribution < 1.29 is 27.6 Å². The van der Waals surface area contributed by atoms with E-state index in [1.54, 1.807) is 31.2 Å². The van der Waals surface area contributed by atoms with Gasteiger partial charge in [0.1, 0.15) is 18.2 Å². The molecule has 1 aromatic carbocycles. The Balaban J connectivity index is 1.51. The molecule has 1 aliphatic rings. The molecule has 1 saturated carbocycles. The second-order valence-corrected chi connectivity index (χ2v) is 11.3. The average Bonchev–Trinajstić information content (AvgIpc) is 3.38. The van der Waals surface area contributed by atoms with Crippen LogP contribution in [0.5, 0.6) is 0 Å². The van der Waals surface area contributed by atoms with Gasteiger partial charge in [-0.1, -0.05) is 23.7 Å². The largest absolute Gasteiger partial charge is 0.393 e. The van der Waals surface area contributed by atoms with Crippen molar-refractivity contribution in [3.05, 3.63) is 68.5 Å². The molecule has 0 aliphatic heterocycles. The maximum atomic E-state index is 13.3. The van der Waals surface area contributed by atoms with Crippen LogP contribution in [0.15, 0.2) is 36.8 Å². The van der Waals surface area contributed by atoms with Gasteiger partial charge in [-0.25, -0.2) is 20.1 Å². The maximum absolute atomic E-state index is 13.3. The van der Waals surface area contributed by atoms with Gasteiger partial charge in [0.15, 0.2) is 5.01 Å². The van der Waals surface area contributed by atoms with Crippen LogP contribution in [0, 0.1) is 12.8 Å². The third-order valence-corrected chi connectivity index (χ3v) is 7.54. The number of nitrogens with two attached hydrogens (primary N) is 1. The van der Waals surface area contributed by atoms with E-state index in [-0.39, 0.29) is 29.0 Å². The molecule has 1 aliphatic carbocycles. The van der Waals surface area contributed by atoms with Gasteiger partial charge in [0.25, 0.3) is 0 Å². The van der Waals surface area contributed by atoms with E-state index in [1.807, 2.05) is 0 Å². The van der Waals surface area contributed by atoms with Crippen LogP contribution in [0.1, 0.15) is 50.4 Å². The summed E-state index contributed by atoms with van der Waals surface area (Å²) in [6.07, 6.45) is 1.45. The molecule has 4 rings (SSSR count). The number of nitrogens with one attached hydrogen (secondary N) is 1. The normalized spacial score (nSPS) is 20.9. The highest BCUT2D eigenvalue weighted by molar-refractivity contribution is 7.84. The number of rotatable bonds is 9. The maximum Gasteiger partial charge on any atom is 0.333 e. The summed E-state index contributed by atoms with van der Waals surface area (Å²) in [6.45, 7) is 1.52. The van der Waals surface area contributed by atoms with Gasteiger partial charge < -0.3 is 15.5 Å². The van der Waals surface area contributed by atoms with Crippen LogP contribution in [-0.2, 0) is 14.5 Å². The number of carbonyl (C=O) groups excluding carboxylic acids is 1. The highest BCUT2D eigenvalue weighted by atomic mass is 35.5. The Morgan fingerprint density at radius 2 is 2.17 bits per heavy atom. The van der Waals surface area contributed by atoms with Crippen molar-refractivity contribution >= 4 is 44.8 Å². The topological polar surface area (TPSA) is 178 Å². The molecule has 0 radical (unpaired) electrons. The minimum atomic E-state index is -4.11. The Morgan fingerprint density at radius 3 is 2.89 bits per heavy atom. The zero-order chi connectivity index (χ0) is 26.0. The molecule has 5 N–H and O–H groups in total. The Morgan fingerprint density at radius 1 is 1.39 bits per heavy atom. The van der Waals surface area contributed by atoms with Crippen molar-refractivity contribution in [1.82, 2.24) is 15.0 Å². The highest BCUT2D eigenvalue weighted by Crippen LogP contribution is 2.32. The molecular weight excluding hydrogens is 530 g/mol. The Bertz CT molecular complexity index is 1370. The van der Waals surface area contributed by atoms with Crippen LogP contribution in [0.4, 0.5) is 5.82 Å². The number of benzene rings is 1. The van der Waals surface area contributed by atoms with Gasteiger partial charge >= 0.3 is 10.3 Å². The summed E-state index contributed by atoms with van der Waals surface area (Å²) in [6, 6.07) is 6.48. The third-order valence-electron chi connectivity index (χ3n) is 5.85. The van der Waals surface area contributed by atoms with Crippen LogP contribution >= 0.6 is 22.9 Å². The van der Waals surface area contributed by atoms with Crippen LogP contribution in [-0.4, -0.2) is 58.1 Å². The first kappa shape index (κ1) is 26.5. The fourth-order valence-electron chi connectivity index (χ4n) is 4.09. The summed E-state index contributed by atoms with van der Waals surface area (Å²) >= 11 is 7.18. The molecule has 2 aromatic heterocycles. The number of thiazole rings is 1. The third kappa shape index (κ3) is 6.24. The number of hydrogen-bond donors (Lipinski definition) is 4. The van der Waals surface area contributed by atoms with Gasteiger partial charge in [-0.15, -0.1) is 11.3 Å². The lowest BCUT2D eigenvalue weighted by molar-refractivity contribution is 0.101. The van der Waals surface area contributed by atoms with Gasteiger partial charge in [0.05, 0.1) is 24.0 Å². The fraction of sp³-hybridized carbons (Fsp3) is 0.364. The first-order chi connectivity index (χ1) is 17.0. The number of hydrogen-bond acceptors (Lipinski definition) is 11. The molecule has 1 fully saturated rings. The van der Waals surface area contributed by atoms with E-state index >= 15 is 0 Å². The van der Waals surface area contributed by atoms with Crippen molar-refractivity contribution in [3.8, 4) is 0 Å². The van der Waals surface area contributed by atoms with Crippen molar-refractivity contribution in [1.29, 1.82) is 0 Å². The standard InChI is InChI=1S/C22H24ClN5O6S2/c1-11-18(19(30)12-3-2-4-14(23)5-12)28-22(35-11)20(31)16-8-25-10-26-21(16)27-15-6-13(17(29)7-15)9-34-36(24,32)33/h2-5,8,10,13,15,17,19,29-30H,6-7,9H2,1H3,(H2,24,32,33)(H,25,26,27)/t13-,15-,17+,19+/m1/s1. The first-order valence-corrected chi connectivity index (χ1v) is 13.6. The summed E-state index contributed by atoms with van der Waals surface area (Å²) in [4.78, 5) is 26.6. The van der Waals surface area contributed by atoms with Crippen LogP contribution < -0.4 is 10.5 Å². The van der Waals surface area contributed by atoms with Gasteiger partial charge in [0.2, 0.25) is 5.78 Å². The predicted molar refractivity (Wildman–Crippen MR) is 133 cm³/mol. The van der Waals surface area contributed by atoms with E-state index < -0.39 is 34.2 Å². The lowest BCUT2D eigenvalue weighted by Gasteiger charge is -2.15. The number of aliphatic hydroxyl groups is 2. The lowest BCUT2D eigenvalue weighted by Crippen LogP contribution is -2.24. The number of nitrogens with zero attached hydrogens (tertiary/aromatic N) is 3. The molecule has 11 nitrogen and oxygen atoms in total. The van der Waals surface area contributed by atoms with E-state index in [0.29, 0.717) is 34.0 Å². The average molecular weight is 554 g/mol. The molecular formula is C22H24ClN5O6S2. The summed E-state index contributed by atoms with van der Waals surface area (Å²) in [5, 5.41) is 29.7. The monoisotopic (exact) mass is 553 g/mol. The Labute approximate surface area is 216 Å². The van der Waals surface area contributed by atoms with Crippen LogP contribution in [0.3, 0.4) is 0 Å².